The Labute approximate surface area is 112 Å². The Morgan fingerprint density at radius 3 is 2.95 bits per heavy atom. The molecule has 0 radical (unpaired) electrons. The van der Waals surface area contributed by atoms with Crippen molar-refractivity contribution in [2.24, 2.45) is 5.92 Å². The lowest BCUT2D eigenvalue weighted by molar-refractivity contribution is -0.149. The molecule has 1 saturated heterocycles. The van der Waals surface area contributed by atoms with E-state index in [9.17, 15) is 9.59 Å². The highest BCUT2D eigenvalue weighted by Gasteiger charge is 2.31. The van der Waals surface area contributed by atoms with Gasteiger partial charge in [0.1, 0.15) is 0 Å². The summed E-state index contributed by atoms with van der Waals surface area (Å²) in [4.78, 5) is 25.7. The van der Waals surface area contributed by atoms with Crippen LogP contribution in [0.25, 0.3) is 0 Å². The zero-order valence-corrected chi connectivity index (χ0v) is 11.3. The summed E-state index contributed by atoms with van der Waals surface area (Å²) in [6.07, 6.45) is 3.10. The molecule has 0 aromatic carbocycles. The number of hydrogen-bond acceptors (Lipinski definition) is 4. The lowest BCUT2D eigenvalue weighted by Crippen LogP contribution is -2.42. The van der Waals surface area contributed by atoms with Gasteiger partial charge in [0.05, 0.1) is 18.8 Å². The molecule has 19 heavy (non-hydrogen) atoms. The minimum atomic E-state index is -0.215. The Morgan fingerprint density at radius 2 is 2.32 bits per heavy atom. The number of amides is 1. The second-order valence-corrected chi connectivity index (χ2v) is 4.78. The van der Waals surface area contributed by atoms with E-state index < -0.39 is 0 Å². The van der Waals surface area contributed by atoms with Gasteiger partial charge in [-0.3, -0.25) is 9.59 Å². The molecule has 0 N–H and O–H groups in total. The number of nitrogens with zero attached hydrogens (tertiary/aromatic N) is 1. The Bertz CT molecular complexity index is 466. The van der Waals surface area contributed by atoms with Crippen molar-refractivity contribution in [3.63, 3.8) is 0 Å². The monoisotopic (exact) mass is 265 g/mol. The van der Waals surface area contributed by atoms with Crippen LogP contribution in [0.4, 0.5) is 0 Å². The van der Waals surface area contributed by atoms with E-state index in [1.807, 2.05) is 6.92 Å². The molecule has 1 atom stereocenters. The fourth-order valence-electron chi connectivity index (χ4n) is 2.35. The van der Waals surface area contributed by atoms with E-state index >= 15 is 0 Å². The van der Waals surface area contributed by atoms with Gasteiger partial charge >= 0.3 is 5.97 Å². The number of carbonyl (C=O) groups excluding carboxylic acids is 2. The van der Waals surface area contributed by atoms with E-state index in [4.69, 9.17) is 9.15 Å². The van der Waals surface area contributed by atoms with Gasteiger partial charge in [-0.2, -0.15) is 0 Å². The summed E-state index contributed by atoms with van der Waals surface area (Å²) in [6.45, 7) is 5.08. The third kappa shape index (κ3) is 2.97. The van der Waals surface area contributed by atoms with E-state index in [0.717, 1.165) is 18.4 Å². The summed E-state index contributed by atoms with van der Waals surface area (Å²) in [5, 5.41) is 0. The number of rotatable bonds is 3. The maximum atomic E-state index is 12.3. The number of piperidine rings is 1. The molecule has 5 heteroatoms. The second kappa shape index (κ2) is 5.91. The first-order chi connectivity index (χ1) is 9.13. The summed E-state index contributed by atoms with van der Waals surface area (Å²) in [6, 6.07) is 1.76. The lowest BCUT2D eigenvalue weighted by atomic mass is 9.98. The molecule has 1 fully saturated rings. The smallest absolute Gasteiger partial charge is 0.310 e. The number of hydrogen-bond donors (Lipinski definition) is 0. The van der Waals surface area contributed by atoms with Gasteiger partial charge in [-0.1, -0.05) is 0 Å². The molecule has 0 bridgehead atoms. The van der Waals surface area contributed by atoms with Crippen LogP contribution in [0.15, 0.2) is 16.7 Å². The molecule has 2 heterocycles. The summed E-state index contributed by atoms with van der Waals surface area (Å²) in [7, 11) is 0. The van der Waals surface area contributed by atoms with Crippen LogP contribution in [0.2, 0.25) is 0 Å². The fraction of sp³-hybridized carbons (Fsp3) is 0.571. The molecule has 1 aliphatic rings. The minimum Gasteiger partial charge on any atom is -0.466 e. The van der Waals surface area contributed by atoms with Crippen LogP contribution in [0.3, 0.4) is 0 Å². The average Bonchev–Trinajstić information content (AvgIpc) is 2.84. The maximum absolute atomic E-state index is 12.3. The van der Waals surface area contributed by atoms with Crippen LogP contribution in [0, 0.1) is 12.8 Å². The van der Waals surface area contributed by atoms with Crippen molar-refractivity contribution < 1.29 is 18.7 Å². The van der Waals surface area contributed by atoms with Gasteiger partial charge in [0.15, 0.2) is 5.76 Å². The van der Waals surface area contributed by atoms with Gasteiger partial charge in [0.25, 0.3) is 5.91 Å². The van der Waals surface area contributed by atoms with Gasteiger partial charge in [-0.05, 0) is 32.8 Å². The van der Waals surface area contributed by atoms with Crippen LogP contribution < -0.4 is 0 Å². The first kappa shape index (κ1) is 13.6. The van der Waals surface area contributed by atoms with Crippen molar-refractivity contribution in [1.82, 2.24) is 4.90 Å². The van der Waals surface area contributed by atoms with Crippen molar-refractivity contribution in [2.45, 2.75) is 26.7 Å². The average molecular weight is 265 g/mol. The molecule has 104 valence electrons. The SMILES string of the molecule is CCOC(=O)[C@@H]1CCCN(C(=O)c2occc2C)C1. The molecule has 5 nitrogen and oxygen atoms in total. The molecule has 1 aromatic heterocycles. The standard InChI is InChI=1S/C14H19NO4/c1-3-18-14(17)11-5-4-7-15(9-11)13(16)12-10(2)6-8-19-12/h6,8,11H,3-5,7,9H2,1-2H3/t11-/m1/s1. The van der Waals surface area contributed by atoms with E-state index in [-0.39, 0.29) is 17.8 Å². The largest absolute Gasteiger partial charge is 0.466 e. The lowest BCUT2D eigenvalue weighted by Gasteiger charge is -2.31. The summed E-state index contributed by atoms with van der Waals surface area (Å²) in [5.41, 5.74) is 0.822. The Morgan fingerprint density at radius 1 is 1.53 bits per heavy atom. The van der Waals surface area contributed by atoms with Crippen molar-refractivity contribution >= 4 is 11.9 Å². The molecule has 1 aliphatic heterocycles. The highest BCUT2D eigenvalue weighted by molar-refractivity contribution is 5.93. The molecular weight excluding hydrogens is 246 g/mol. The Kier molecular flexibility index (Phi) is 4.24. The topological polar surface area (TPSA) is 59.8 Å². The summed E-state index contributed by atoms with van der Waals surface area (Å²) >= 11 is 0. The van der Waals surface area contributed by atoms with Crippen molar-refractivity contribution in [3.8, 4) is 0 Å². The van der Waals surface area contributed by atoms with Crippen LogP contribution >= 0.6 is 0 Å². The highest BCUT2D eigenvalue weighted by atomic mass is 16.5. The molecule has 2 rings (SSSR count). The number of esters is 1. The molecular formula is C14H19NO4. The maximum Gasteiger partial charge on any atom is 0.310 e. The quantitative estimate of drug-likeness (QED) is 0.784. The minimum absolute atomic E-state index is 0.142. The van der Waals surface area contributed by atoms with Crippen molar-refractivity contribution in [3.05, 3.63) is 23.7 Å². The molecule has 1 amide bonds. The molecule has 0 unspecified atom stereocenters. The predicted molar refractivity (Wildman–Crippen MR) is 68.7 cm³/mol. The van der Waals surface area contributed by atoms with E-state index in [1.54, 1.807) is 17.9 Å². The normalized spacial score (nSPS) is 19.3. The van der Waals surface area contributed by atoms with E-state index in [0.29, 0.717) is 25.5 Å². The third-order valence-corrected chi connectivity index (χ3v) is 3.38. The Balaban J connectivity index is 2.03. The molecule has 0 aliphatic carbocycles. The summed E-state index contributed by atoms with van der Waals surface area (Å²) in [5.74, 6) is -0.204. The molecule has 1 aromatic rings. The van der Waals surface area contributed by atoms with Crippen LogP contribution in [0.1, 0.15) is 35.9 Å². The van der Waals surface area contributed by atoms with Gasteiger partial charge in [0, 0.05) is 18.7 Å². The van der Waals surface area contributed by atoms with Crippen LogP contribution in [-0.4, -0.2) is 36.5 Å². The molecule has 0 saturated carbocycles. The number of ether oxygens (including phenoxy) is 1. The highest BCUT2D eigenvalue weighted by Crippen LogP contribution is 2.21. The second-order valence-electron chi connectivity index (χ2n) is 4.78. The fourth-order valence-corrected chi connectivity index (χ4v) is 2.35. The first-order valence-corrected chi connectivity index (χ1v) is 6.63. The predicted octanol–water partition coefficient (Wildman–Crippen LogP) is 2.00. The van der Waals surface area contributed by atoms with E-state index in [2.05, 4.69) is 0 Å². The van der Waals surface area contributed by atoms with Crippen molar-refractivity contribution in [1.29, 1.82) is 0 Å². The van der Waals surface area contributed by atoms with Gasteiger partial charge in [-0.15, -0.1) is 0 Å². The van der Waals surface area contributed by atoms with Crippen molar-refractivity contribution in [2.75, 3.05) is 19.7 Å². The third-order valence-electron chi connectivity index (χ3n) is 3.38. The number of furan rings is 1. The van der Waals surface area contributed by atoms with Gasteiger partial charge < -0.3 is 14.1 Å². The number of likely N-dealkylation sites (tertiary alicyclic amines) is 1. The number of aryl methyl sites for hydroxylation is 1. The van der Waals surface area contributed by atoms with Crippen LogP contribution in [0.5, 0.6) is 0 Å². The van der Waals surface area contributed by atoms with Gasteiger partial charge in [-0.25, -0.2) is 0 Å². The number of carbonyl (C=O) groups is 2. The van der Waals surface area contributed by atoms with Crippen LogP contribution in [-0.2, 0) is 9.53 Å². The van der Waals surface area contributed by atoms with Gasteiger partial charge in [0.2, 0.25) is 0 Å². The summed E-state index contributed by atoms with van der Waals surface area (Å²) < 4.78 is 10.2. The zero-order valence-electron chi connectivity index (χ0n) is 11.3. The Hall–Kier alpha value is -1.78. The molecule has 0 spiro atoms. The van der Waals surface area contributed by atoms with E-state index in [1.165, 1.54) is 6.26 Å². The first-order valence-electron chi connectivity index (χ1n) is 6.63. The zero-order chi connectivity index (χ0) is 13.8.